The van der Waals surface area contributed by atoms with Gasteiger partial charge in [0, 0.05) is 23.7 Å². The lowest BCUT2D eigenvalue weighted by molar-refractivity contribution is -0.122. The number of thioether (sulfide) groups is 1. The molecule has 1 aromatic carbocycles. The van der Waals surface area contributed by atoms with Crippen LogP contribution in [0.3, 0.4) is 0 Å². The van der Waals surface area contributed by atoms with E-state index in [4.69, 9.17) is 0 Å². The highest BCUT2D eigenvalue weighted by molar-refractivity contribution is 8.18. The van der Waals surface area contributed by atoms with Gasteiger partial charge in [-0.15, -0.1) is 11.3 Å². The van der Waals surface area contributed by atoms with Gasteiger partial charge < -0.3 is 0 Å². The van der Waals surface area contributed by atoms with E-state index in [1.54, 1.807) is 17.2 Å². The van der Waals surface area contributed by atoms with Gasteiger partial charge in [0.15, 0.2) is 5.17 Å². The summed E-state index contributed by atoms with van der Waals surface area (Å²) >= 11 is 2.83. The Bertz CT molecular complexity index is 1010. The Balaban J connectivity index is 1.62. The Kier molecular flexibility index (Phi) is 5.13. The highest BCUT2D eigenvalue weighted by Crippen LogP contribution is 2.35. The number of pyridine rings is 1. The van der Waals surface area contributed by atoms with Gasteiger partial charge in [0.2, 0.25) is 5.13 Å². The van der Waals surface area contributed by atoms with Crippen molar-refractivity contribution >= 4 is 45.4 Å². The lowest BCUT2D eigenvalue weighted by Crippen LogP contribution is -2.28. The molecular weight excluding hydrogens is 376 g/mol. The smallest absolute Gasteiger partial charge is 0.266 e. The van der Waals surface area contributed by atoms with Crippen molar-refractivity contribution in [1.82, 2.24) is 14.9 Å². The molecule has 7 heteroatoms. The van der Waals surface area contributed by atoms with Crippen LogP contribution in [0, 0.1) is 0 Å². The summed E-state index contributed by atoms with van der Waals surface area (Å²) in [5.41, 5.74) is 2.70. The van der Waals surface area contributed by atoms with Crippen LogP contribution in [-0.2, 0) is 4.79 Å². The molecule has 0 radical (unpaired) electrons. The Morgan fingerprint density at radius 3 is 2.70 bits per heavy atom. The Labute approximate surface area is 165 Å². The first-order valence-corrected chi connectivity index (χ1v) is 10.2. The van der Waals surface area contributed by atoms with Crippen molar-refractivity contribution in [3.05, 3.63) is 70.7 Å². The quantitative estimate of drug-likeness (QED) is 0.597. The average Bonchev–Trinajstić information content (AvgIpc) is 3.28. The number of benzene rings is 1. The number of carbonyl (C=O) groups excluding carboxylic acids is 1. The molecule has 1 aliphatic rings. The van der Waals surface area contributed by atoms with Gasteiger partial charge in [-0.25, -0.2) is 4.98 Å². The van der Waals surface area contributed by atoms with Crippen LogP contribution in [0.2, 0.25) is 0 Å². The fourth-order valence-corrected chi connectivity index (χ4v) is 4.39. The number of nitrogens with zero attached hydrogens (tertiary/aromatic N) is 4. The Morgan fingerprint density at radius 2 is 1.96 bits per heavy atom. The van der Waals surface area contributed by atoms with Crippen LogP contribution in [0.15, 0.2) is 70.0 Å². The number of carbonyl (C=O) groups is 1. The van der Waals surface area contributed by atoms with Gasteiger partial charge in [0.1, 0.15) is 0 Å². The highest BCUT2D eigenvalue weighted by Gasteiger charge is 2.32. The lowest BCUT2D eigenvalue weighted by Gasteiger charge is -2.11. The number of aromatic nitrogens is 2. The standard InChI is InChI=1S/C20H16N4OS2/c1-2-24-18(25)17(12-15-10-6-7-11-21-15)27-20(24)23-19-22-16(13-26-19)14-8-4-3-5-9-14/h3-13H,2H2,1H3/b17-12-,23-20+. The van der Waals surface area contributed by atoms with Crippen molar-refractivity contribution < 1.29 is 4.79 Å². The number of hydrogen-bond donors (Lipinski definition) is 0. The molecule has 3 heterocycles. The molecule has 1 saturated heterocycles. The molecule has 134 valence electrons. The number of likely N-dealkylation sites (N-methyl/N-ethyl adjacent to an activating group) is 1. The van der Waals surface area contributed by atoms with E-state index in [9.17, 15) is 4.79 Å². The predicted octanol–water partition coefficient (Wildman–Crippen LogP) is 4.83. The first-order valence-electron chi connectivity index (χ1n) is 8.46. The lowest BCUT2D eigenvalue weighted by atomic mass is 10.2. The second-order valence-electron chi connectivity index (χ2n) is 5.69. The third kappa shape index (κ3) is 3.84. The molecule has 0 spiro atoms. The summed E-state index contributed by atoms with van der Waals surface area (Å²) in [5, 5.41) is 3.28. The zero-order chi connectivity index (χ0) is 18.6. The van der Waals surface area contributed by atoms with E-state index < -0.39 is 0 Å². The van der Waals surface area contributed by atoms with Crippen LogP contribution in [0.1, 0.15) is 12.6 Å². The van der Waals surface area contributed by atoms with Crippen molar-refractivity contribution in [3.63, 3.8) is 0 Å². The third-order valence-corrected chi connectivity index (χ3v) is 5.67. The number of hydrogen-bond acceptors (Lipinski definition) is 6. The van der Waals surface area contributed by atoms with E-state index in [1.165, 1.54) is 23.1 Å². The molecule has 0 unspecified atom stereocenters. The maximum Gasteiger partial charge on any atom is 0.266 e. The summed E-state index contributed by atoms with van der Waals surface area (Å²) in [6, 6.07) is 15.6. The van der Waals surface area contributed by atoms with Crippen LogP contribution < -0.4 is 0 Å². The van der Waals surface area contributed by atoms with Crippen molar-refractivity contribution in [1.29, 1.82) is 0 Å². The van der Waals surface area contributed by atoms with Gasteiger partial charge in [-0.1, -0.05) is 36.4 Å². The fourth-order valence-electron chi connectivity index (χ4n) is 2.60. The molecule has 1 fully saturated rings. The summed E-state index contributed by atoms with van der Waals surface area (Å²) in [6.07, 6.45) is 3.51. The Hall–Kier alpha value is -2.77. The zero-order valence-electron chi connectivity index (χ0n) is 14.6. The molecule has 1 amide bonds. The first-order chi connectivity index (χ1) is 13.2. The summed E-state index contributed by atoms with van der Waals surface area (Å²) in [6.45, 7) is 2.50. The molecule has 0 aliphatic carbocycles. The monoisotopic (exact) mass is 392 g/mol. The molecule has 4 rings (SSSR count). The molecule has 0 N–H and O–H groups in total. The number of rotatable bonds is 4. The summed E-state index contributed by atoms with van der Waals surface area (Å²) in [5.74, 6) is -0.0493. The Morgan fingerprint density at radius 1 is 1.15 bits per heavy atom. The van der Waals surface area contributed by atoms with E-state index in [1.807, 2.05) is 60.8 Å². The number of aliphatic imine (C=N–C) groups is 1. The molecule has 3 aromatic rings. The van der Waals surface area contributed by atoms with Crippen LogP contribution in [0.4, 0.5) is 5.13 Å². The third-order valence-electron chi connectivity index (χ3n) is 3.92. The number of amides is 1. The van der Waals surface area contributed by atoms with E-state index in [2.05, 4.69) is 15.0 Å². The van der Waals surface area contributed by atoms with E-state index in [0.29, 0.717) is 21.7 Å². The number of amidine groups is 1. The maximum absolute atomic E-state index is 12.7. The predicted molar refractivity (Wildman–Crippen MR) is 112 cm³/mol. The van der Waals surface area contributed by atoms with Crippen LogP contribution in [0.25, 0.3) is 17.3 Å². The highest BCUT2D eigenvalue weighted by atomic mass is 32.2. The van der Waals surface area contributed by atoms with Crippen LogP contribution in [-0.4, -0.2) is 32.5 Å². The molecule has 0 bridgehead atoms. The first kappa shape index (κ1) is 17.6. The van der Waals surface area contributed by atoms with Gasteiger partial charge in [-0.3, -0.25) is 14.7 Å². The van der Waals surface area contributed by atoms with Crippen molar-refractivity contribution in [2.75, 3.05) is 6.54 Å². The fraction of sp³-hybridized carbons (Fsp3) is 0.100. The second-order valence-corrected chi connectivity index (χ2v) is 7.54. The molecular formula is C20H16N4OS2. The SMILES string of the molecule is CCN1C(=O)/C(=C/c2ccccn2)S/C1=N/c1nc(-c2ccccc2)cs1. The largest absolute Gasteiger partial charge is 0.287 e. The van der Waals surface area contributed by atoms with Crippen molar-refractivity contribution in [2.45, 2.75) is 6.92 Å². The maximum atomic E-state index is 12.7. The summed E-state index contributed by atoms with van der Waals surface area (Å²) in [7, 11) is 0. The number of thiazole rings is 1. The van der Waals surface area contributed by atoms with Gasteiger partial charge in [-0.05, 0) is 36.9 Å². The van der Waals surface area contributed by atoms with Gasteiger partial charge in [0.05, 0.1) is 16.3 Å². The van der Waals surface area contributed by atoms with Crippen molar-refractivity contribution in [2.24, 2.45) is 4.99 Å². The van der Waals surface area contributed by atoms with E-state index >= 15 is 0 Å². The van der Waals surface area contributed by atoms with Crippen LogP contribution in [0.5, 0.6) is 0 Å². The van der Waals surface area contributed by atoms with Gasteiger partial charge in [0.25, 0.3) is 5.91 Å². The topological polar surface area (TPSA) is 58.5 Å². The van der Waals surface area contributed by atoms with Crippen molar-refractivity contribution in [3.8, 4) is 11.3 Å². The van der Waals surface area contributed by atoms with Gasteiger partial charge in [-0.2, -0.15) is 4.99 Å². The molecule has 5 nitrogen and oxygen atoms in total. The van der Waals surface area contributed by atoms with E-state index in [0.717, 1.165) is 17.0 Å². The van der Waals surface area contributed by atoms with Crippen LogP contribution >= 0.6 is 23.1 Å². The molecule has 27 heavy (non-hydrogen) atoms. The minimum Gasteiger partial charge on any atom is -0.287 e. The minimum atomic E-state index is -0.0493. The molecule has 1 aliphatic heterocycles. The average molecular weight is 393 g/mol. The molecule has 2 aromatic heterocycles. The minimum absolute atomic E-state index is 0.0493. The summed E-state index contributed by atoms with van der Waals surface area (Å²) in [4.78, 5) is 28.5. The summed E-state index contributed by atoms with van der Waals surface area (Å²) < 4.78 is 0. The molecule has 0 saturated carbocycles. The van der Waals surface area contributed by atoms with E-state index in [-0.39, 0.29) is 5.91 Å². The molecule has 0 atom stereocenters. The van der Waals surface area contributed by atoms with Gasteiger partial charge >= 0.3 is 0 Å². The second kappa shape index (κ2) is 7.85. The zero-order valence-corrected chi connectivity index (χ0v) is 16.2. The normalized spacial score (nSPS) is 17.2.